The predicted molar refractivity (Wildman–Crippen MR) is 102 cm³/mol. The van der Waals surface area contributed by atoms with Crippen LogP contribution >= 0.6 is 0 Å². The lowest BCUT2D eigenvalue weighted by Crippen LogP contribution is -2.13. The summed E-state index contributed by atoms with van der Waals surface area (Å²) in [7, 11) is 1.55. The number of benzene rings is 2. The molecule has 0 saturated carbocycles. The summed E-state index contributed by atoms with van der Waals surface area (Å²) >= 11 is 0. The SMILES string of the molecule is CCCCOc1ccc(OC)cc1NC(=O)c1oc2ccc(F)cc2c1C. The van der Waals surface area contributed by atoms with Gasteiger partial charge >= 0.3 is 0 Å². The lowest BCUT2D eigenvalue weighted by Gasteiger charge is -2.13. The van der Waals surface area contributed by atoms with Crippen molar-refractivity contribution in [1.82, 2.24) is 0 Å². The van der Waals surface area contributed by atoms with Crippen LogP contribution in [0.15, 0.2) is 40.8 Å². The average molecular weight is 371 g/mol. The van der Waals surface area contributed by atoms with Gasteiger partial charge < -0.3 is 19.2 Å². The van der Waals surface area contributed by atoms with E-state index in [0.717, 1.165) is 12.8 Å². The van der Waals surface area contributed by atoms with E-state index < -0.39 is 5.91 Å². The third-order valence-corrected chi connectivity index (χ3v) is 4.29. The second-order valence-electron chi connectivity index (χ2n) is 6.21. The Morgan fingerprint density at radius 3 is 2.78 bits per heavy atom. The van der Waals surface area contributed by atoms with E-state index in [1.807, 2.05) is 0 Å². The van der Waals surface area contributed by atoms with Crippen molar-refractivity contribution in [1.29, 1.82) is 0 Å². The molecule has 1 aromatic heterocycles. The van der Waals surface area contributed by atoms with Crippen molar-refractivity contribution in [2.75, 3.05) is 19.0 Å². The van der Waals surface area contributed by atoms with Crippen LogP contribution < -0.4 is 14.8 Å². The van der Waals surface area contributed by atoms with E-state index in [-0.39, 0.29) is 11.6 Å². The smallest absolute Gasteiger partial charge is 0.291 e. The van der Waals surface area contributed by atoms with Crippen molar-refractivity contribution < 1.29 is 23.1 Å². The quantitative estimate of drug-likeness (QED) is 0.571. The lowest BCUT2D eigenvalue weighted by atomic mass is 10.1. The third-order valence-electron chi connectivity index (χ3n) is 4.29. The van der Waals surface area contributed by atoms with Crippen LogP contribution in [0.3, 0.4) is 0 Å². The van der Waals surface area contributed by atoms with Crippen LogP contribution in [0.4, 0.5) is 10.1 Å². The van der Waals surface area contributed by atoms with Crippen LogP contribution in [0.25, 0.3) is 11.0 Å². The number of fused-ring (bicyclic) bond motifs is 1. The summed E-state index contributed by atoms with van der Waals surface area (Å²) in [5.41, 5.74) is 1.53. The number of hydrogen-bond donors (Lipinski definition) is 1. The number of hydrogen-bond acceptors (Lipinski definition) is 4. The first-order valence-corrected chi connectivity index (χ1v) is 8.84. The molecule has 5 nitrogen and oxygen atoms in total. The first kappa shape index (κ1) is 18.8. The first-order chi connectivity index (χ1) is 13.0. The van der Waals surface area contributed by atoms with Gasteiger partial charge in [0.15, 0.2) is 5.76 Å². The zero-order chi connectivity index (χ0) is 19.4. The van der Waals surface area contributed by atoms with Crippen LogP contribution in [0, 0.1) is 12.7 Å². The van der Waals surface area contributed by atoms with Gasteiger partial charge in [-0.2, -0.15) is 0 Å². The van der Waals surface area contributed by atoms with E-state index in [2.05, 4.69) is 12.2 Å². The number of anilines is 1. The van der Waals surface area contributed by atoms with E-state index in [9.17, 15) is 9.18 Å². The molecule has 0 saturated heterocycles. The summed E-state index contributed by atoms with van der Waals surface area (Å²) in [6, 6.07) is 9.39. The van der Waals surface area contributed by atoms with Crippen molar-refractivity contribution in [2.45, 2.75) is 26.7 Å². The Morgan fingerprint density at radius 2 is 2.04 bits per heavy atom. The molecule has 6 heteroatoms. The molecule has 0 fully saturated rings. The van der Waals surface area contributed by atoms with Gasteiger partial charge in [-0.15, -0.1) is 0 Å². The molecule has 1 amide bonds. The molecule has 0 bridgehead atoms. The molecule has 142 valence electrons. The third kappa shape index (κ3) is 4.05. The Hall–Kier alpha value is -3.02. The lowest BCUT2D eigenvalue weighted by molar-refractivity contribution is 0.0997. The number of rotatable bonds is 7. The summed E-state index contributed by atoms with van der Waals surface area (Å²) in [6.07, 6.45) is 1.92. The van der Waals surface area contributed by atoms with Gasteiger partial charge in [-0.3, -0.25) is 4.79 Å². The average Bonchev–Trinajstić information content (AvgIpc) is 2.99. The number of nitrogens with one attached hydrogen (secondary N) is 1. The Labute approximate surface area is 157 Å². The van der Waals surface area contributed by atoms with Crippen LogP contribution in [0.2, 0.25) is 0 Å². The highest BCUT2D eigenvalue weighted by atomic mass is 19.1. The minimum atomic E-state index is -0.433. The van der Waals surface area contributed by atoms with Crippen molar-refractivity contribution in [3.05, 3.63) is 53.5 Å². The zero-order valence-corrected chi connectivity index (χ0v) is 15.6. The molecule has 0 spiro atoms. The molecule has 0 aliphatic heterocycles. The number of amides is 1. The minimum Gasteiger partial charge on any atom is -0.497 e. The highest BCUT2D eigenvalue weighted by molar-refractivity contribution is 6.07. The van der Waals surface area contributed by atoms with Crippen molar-refractivity contribution in [2.24, 2.45) is 0 Å². The monoisotopic (exact) mass is 371 g/mol. The fourth-order valence-corrected chi connectivity index (χ4v) is 2.77. The van der Waals surface area contributed by atoms with E-state index in [1.165, 1.54) is 18.2 Å². The maximum atomic E-state index is 13.5. The standard InChI is InChI=1S/C21H22FNO4/c1-4-5-10-26-19-9-7-15(25-3)12-17(19)23-21(24)20-13(2)16-11-14(22)6-8-18(16)27-20/h6-9,11-12H,4-5,10H2,1-3H3,(H,23,24). The van der Waals surface area contributed by atoms with Crippen LogP contribution in [0.5, 0.6) is 11.5 Å². The summed E-state index contributed by atoms with van der Waals surface area (Å²) in [4.78, 5) is 12.8. The Bertz CT molecular complexity index is 964. The topological polar surface area (TPSA) is 60.7 Å². The fraction of sp³-hybridized carbons (Fsp3) is 0.286. The van der Waals surface area contributed by atoms with Crippen LogP contribution in [-0.4, -0.2) is 19.6 Å². The molecule has 1 N–H and O–H groups in total. The van der Waals surface area contributed by atoms with Gasteiger partial charge in [0.1, 0.15) is 22.9 Å². The normalized spacial score (nSPS) is 10.8. The van der Waals surface area contributed by atoms with Crippen LogP contribution in [0.1, 0.15) is 35.9 Å². The molecular weight excluding hydrogens is 349 g/mol. The molecule has 2 aromatic carbocycles. The molecule has 0 atom stereocenters. The van der Waals surface area contributed by atoms with E-state index in [1.54, 1.807) is 32.2 Å². The van der Waals surface area contributed by atoms with Crippen LogP contribution in [-0.2, 0) is 0 Å². The van der Waals surface area contributed by atoms with E-state index >= 15 is 0 Å². The van der Waals surface area contributed by atoms with Gasteiger partial charge in [0.2, 0.25) is 0 Å². The van der Waals surface area contributed by atoms with Gasteiger partial charge in [-0.25, -0.2) is 4.39 Å². The Morgan fingerprint density at radius 1 is 1.22 bits per heavy atom. The number of ether oxygens (including phenoxy) is 2. The maximum Gasteiger partial charge on any atom is 0.291 e. The second-order valence-corrected chi connectivity index (χ2v) is 6.21. The van der Waals surface area contributed by atoms with Gasteiger partial charge in [0.25, 0.3) is 5.91 Å². The number of furan rings is 1. The number of carbonyl (C=O) groups excluding carboxylic acids is 1. The molecule has 0 aliphatic rings. The highest BCUT2D eigenvalue weighted by Crippen LogP contribution is 2.31. The summed E-state index contributed by atoms with van der Waals surface area (Å²) in [5, 5.41) is 3.39. The predicted octanol–water partition coefficient (Wildman–Crippen LogP) is 5.32. The van der Waals surface area contributed by atoms with Gasteiger partial charge in [-0.1, -0.05) is 13.3 Å². The number of halogens is 1. The largest absolute Gasteiger partial charge is 0.497 e. The number of unbranched alkanes of at least 4 members (excludes halogenated alkanes) is 1. The highest BCUT2D eigenvalue weighted by Gasteiger charge is 2.20. The van der Waals surface area contributed by atoms with Gasteiger partial charge in [-0.05, 0) is 43.7 Å². The summed E-state index contributed by atoms with van der Waals surface area (Å²) in [5.74, 6) is 0.474. The van der Waals surface area contributed by atoms with Crippen molar-refractivity contribution in [3.63, 3.8) is 0 Å². The molecule has 1 heterocycles. The first-order valence-electron chi connectivity index (χ1n) is 8.84. The number of aryl methyl sites for hydroxylation is 1. The molecule has 0 radical (unpaired) electrons. The van der Waals surface area contributed by atoms with Crippen molar-refractivity contribution in [3.8, 4) is 11.5 Å². The van der Waals surface area contributed by atoms with Gasteiger partial charge in [0.05, 0.1) is 19.4 Å². The second kappa shape index (κ2) is 8.12. The minimum absolute atomic E-state index is 0.137. The molecular formula is C21H22FNO4. The number of methoxy groups -OCH3 is 1. The molecule has 3 aromatic rings. The zero-order valence-electron chi connectivity index (χ0n) is 15.6. The Kier molecular flexibility index (Phi) is 5.64. The molecule has 0 aliphatic carbocycles. The molecule has 27 heavy (non-hydrogen) atoms. The van der Waals surface area contributed by atoms with E-state index in [4.69, 9.17) is 13.9 Å². The summed E-state index contributed by atoms with van der Waals surface area (Å²) in [6.45, 7) is 4.35. The van der Waals surface area contributed by atoms with E-state index in [0.29, 0.717) is 40.3 Å². The number of carbonyl (C=O) groups is 1. The fourth-order valence-electron chi connectivity index (χ4n) is 2.77. The Balaban J connectivity index is 1.89. The summed E-state index contributed by atoms with van der Waals surface area (Å²) < 4.78 is 30.1. The maximum absolute atomic E-state index is 13.5. The molecule has 3 rings (SSSR count). The van der Waals surface area contributed by atoms with Gasteiger partial charge in [0, 0.05) is 17.0 Å². The van der Waals surface area contributed by atoms with Crippen molar-refractivity contribution >= 4 is 22.6 Å². The molecule has 0 unspecified atom stereocenters.